The van der Waals surface area contributed by atoms with Gasteiger partial charge in [-0.05, 0) is 24.6 Å². The number of rotatable bonds is 6. The summed E-state index contributed by atoms with van der Waals surface area (Å²) in [4.78, 5) is 36.1. The number of hydrogen-bond acceptors (Lipinski definition) is 7. The number of aromatic amines is 1. The summed E-state index contributed by atoms with van der Waals surface area (Å²) < 4.78 is 8.49. The first-order chi connectivity index (χ1) is 14.8. The lowest BCUT2D eigenvalue weighted by atomic mass is 10.1. The number of aromatic nitrogens is 4. The smallest absolute Gasteiger partial charge is 0.280 e. The highest BCUT2D eigenvalue weighted by atomic mass is 32.2. The Hall–Kier alpha value is -1.69. The van der Waals surface area contributed by atoms with Crippen LogP contribution in [-0.2, 0) is 9.22 Å². The molecule has 1 aliphatic heterocycles. The van der Waals surface area contributed by atoms with E-state index in [2.05, 4.69) is 54.1 Å². The lowest BCUT2D eigenvalue weighted by Gasteiger charge is -2.40. The number of H-pyrrole nitrogens is 1. The Morgan fingerprint density at radius 1 is 1.41 bits per heavy atom. The molecule has 1 saturated heterocycles. The Labute approximate surface area is 193 Å². The number of aliphatic hydroxyl groups excluding tert-OH is 1. The summed E-state index contributed by atoms with van der Waals surface area (Å²) in [6, 6.07) is 0. The number of amides is 1. The third-order valence-electron chi connectivity index (χ3n) is 6.42. The van der Waals surface area contributed by atoms with Gasteiger partial charge in [-0.2, -0.15) is 4.98 Å². The van der Waals surface area contributed by atoms with Gasteiger partial charge >= 0.3 is 0 Å². The molecule has 32 heavy (non-hydrogen) atoms. The second-order valence-corrected chi connectivity index (χ2v) is 16.3. The van der Waals surface area contributed by atoms with Crippen LogP contribution in [0.5, 0.6) is 0 Å². The summed E-state index contributed by atoms with van der Waals surface area (Å²) in [5, 5.41) is 13.4. The first-order valence-electron chi connectivity index (χ1n) is 11.1. The molecule has 11 heteroatoms. The largest absolute Gasteiger partial charge is 0.408 e. The Morgan fingerprint density at radius 2 is 2.06 bits per heavy atom. The van der Waals surface area contributed by atoms with Gasteiger partial charge in [-0.1, -0.05) is 41.5 Å². The maximum absolute atomic E-state index is 12.6. The molecule has 178 valence electrons. The second-order valence-electron chi connectivity index (χ2n) is 10.2. The minimum absolute atomic E-state index is 0.00525. The summed E-state index contributed by atoms with van der Waals surface area (Å²) in [5.41, 5.74) is 0.122. The standard InChI is InChI=1S/C21H35N5O4SSi/c1-9-12-14(27)15(30-32(7,8)21(4,5)6)19(31-12)26-10-22-13-16(26)23-20(25-18(13)29)24-17(28)11(2)3/h10-12,14-15,19,27H,9H2,1-8H3,(H2,23,24,25,28,29)/t12-,14-,15?,19-/m1/s1. The first kappa shape index (κ1) is 24.9. The van der Waals surface area contributed by atoms with Crippen molar-refractivity contribution in [2.24, 2.45) is 5.92 Å². The number of carbonyl (C=O) groups is 1. The average Bonchev–Trinajstić information content (AvgIpc) is 3.22. The number of hydrogen-bond donors (Lipinski definition) is 3. The summed E-state index contributed by atoms with van der Waals surface area (Å²) >= 11 is 1.61. The molecule has 9 nitrogen and oxygen atoms in total. The highest BCUT2D eigenvalue weighted by molar-refractivity contribution is 8.00. The van der Waals surface area contributed by atoms with Crippen molar-refractivity contribution in [3.63, 3.8) is 0 Å². The van der Waals surface area contributed by atoms with Crippen LogP contribution < -0.4 is 10.9 Å². The molecule has 0 aromatic carbocycles. The van der Waals surface area contributed by atoms with Gasteiger partial charge in [0.2, 0.25) is 11.9 Å². The highest BCUT2D eigenvalue weighted by Gasteiger charge is 2.49. The number of nitrogens with one attached hydrogen (secondary N) is 2. The van der Waals surface area contributed by atoms with Crippen molar-refractivity contribution >= 4 is 43.1 Å². The fraction of sp³-hybridized carbons (Fsp3) is 0.714. The van der Waals surface area contributed by atoms with Crippen molar-refractivity contribution in [3.05, 3.63) is 16.7 Å². The maximum Gasteiger partial charge on any atom is 0.280 e. The molecule has 3 N–H and O–H groups in total. The molecule has 2 aromatic rings. The number of aliphatic hydroxyl groups is 1. The SMILES string of the molecule is CC[C@H]1S[C@@H](n2cnc3c(=O)[nH]c(NC(=O)C(C)C)nc32)C(O[Si](C)(C)C(C)(C)C)[C@@H]1O. The Balaban J connectivity index is 2.05. The summed E-state index contributed by atoms with van der Waals surface area (Å²) in [7, 11) is -2.18. The van der Waals surface area contributed by atoms with Crippen LogP contribution in [0.15, 0.2) is 11.1 Å². The van der Waals surface area contributed by atoms with E-state index in [1.165, 1.54) is 0 Å². The van der Waals surface area contributed by atoms with Crippen LogP contribution in [0.2, 0.25) is 18.1 Å². The molecule has 0 spiro atoms. The quantitative estimate of drug-likeness (QED) is 0.540. The zero-order chi connectivity index (χ0) is 24.0. The molecule has 0 radical (unpaired) electrons. The Bertz CT molecular complexity index is 1040. The predicted octanol–water partition coefficient (Wildman–Crippen LogP) is 3.49. The van der Waals surface area contributed by atoms with Crippen molar-refractivity contribution in [3.8, 4) is 0 Å². The molecule has 1 amide bonds. The molecule has 2 aromatic heterocycles. The van der Waals surface area contributed by atoms with Gasteiger partial charge in [0.1, 0.15) is 11.5 Å². The van der Waals surface area contributed by atoms with Crippen molar-refractivity contribution in [1.29, 1.82) is 0 Å². The minimum Gasteiger partial charge on any atom is -0.408 e. The molecule has 3 heterocycles. The van der Waals surface area contributed by atoms with Gasteiger partial charge in [-0.25, -0.2) is 4.98 Å². The molecule has 0 bridgehead atoms. The number of carbonyl (C=O) groups excluding carboxylic acids is 1. The van der Waals surface area contributed by atoms with Crippen LogP contribution in [0.3, 0.4) is 0 Å². The minimum atomic E-state index is -2.18. The van der Waals surface area contributed by atoms with Crippen LogP contribution in [0.1, 0.15) is 53.3 Å². The van der Waals surface area contributed by atoms with Gasteiger partial charge < -0.3 is 9.53 Å². The normalized spacial score (nSPS) is 24.4. The fourth-order valence-electron chi connectivity index (χ4n) is 3.36. The molecule has 1 unspecified atom stereocenters. The molecule has 4 atom stereocenters. The molecule has 0 aliphatic carbocycles. The van der Waals surface area contributed by atoms with E-state index in [0.717, 1.165) is 6.42 Å². The fourth-order valence-corrected chi connectivity index (χ4v) is 6.28. The third kappa shape index (κ3) is 4.66. The topological polar surface area (TPSA) is 122 Å². The monoisotopic (exact) mass is 481 g/mol. The number of anilines is 1. The highest BCUT2D eigenvalue weighted by Crippen LogP contribution is 2.48. The van der Waals surface area contributed by atoms with Crippen LogP contribution in [0.4, 0.5) is 5.95 Å². The van der Waals surface area contributed by atoms with Gasteiger partial charge in [0.05, 0.1) is 12.4 Å². The van der Waals surface area contributed by atoms with Crippen LogP contribution in [0.25, 0.3) is 11.2 Å². The summed E-state index contributed by atoms with van der Waals surface area (Å²) in [5.74, 6) is -0.413. The van der Waals surface area contributed by atoms with E-state index in [0.29, 0.717) is 5.65 Å². The first-order valence-corrected chi connectivity index (χ1v) is 14.9. The molecule has 1 fully saturated rings. The summed E-state index contributed by atoms with van der Waals surface area (Å²) in [6.07, 6.45) is 1.25. The van der Waals surface area contributed by atoms with E-state index in [1.54, 1.807) is 36.5 Å². The molecule has 0 saturated carbocycles. The molecular weight excluding hydrogens is 446 g/mol. The van der Waals surface area contributed by atoms with Gasteiger partial charge in [0.15, 0.2) is 19.5 Å². The van der Waals surface area contributed by atoms with E-state index in [9.17, 15) is 14.7 Å². The summed E-state index contributed by atoms with van der Waals surface area (Å²) in [6.45, 7) is 16.4. The van der Waals surface area contributed by atoms with E-state index in [4.69, 9.17) is 4.43 Å². The van der Waals surface area contributed by atoms with Crippen molar-refractivity contribution < 1.29 is 14.3 Å². The zero-order valence-corrected chi connectivity index (χ0v) is 21.9. The number of fused-ring (bicyclic) bond motifs is 1. The van der Waals surface area contributed by atoms with Crippen LogP contribution in [0, 0.1) is 5.92 Å². The van der Waals surface area contributed by atoms with Gasteiger partial charge in [0.25, 0.3) is 5.56 Å². The second kappa shape index (κ2) is 8.92. The van der Waals surface area contributed by atoms with Crippen LogP contribution in [-0.4, -0.2) is 56.3 Å². The van der Waals surface area contributed by atoms with E-state index < -0.39 is 26.1 Å². The Morgan fingerprint density at radius 3 is 2.62 bits per heavy atom. The number of thioether (sulfide) groups is 1. The van der Waals surface area contributed by atoms with E-state index in [1.807, 2.05) is 6.92 Å². The third-order valence-corrected chi connectivity index (χ3v) is 12.6. The van der Waals surface area contributed by atoms with E-state index >= 15 is 0 Å². The lowest BCUT2D eigenvalue weighted by molar-refractivity contribution is -0.118. The predicted molar refractivity (Wildman–Crippen MR) is 130 cm³/mol. The van der Waals surface area contributed by atoms with E-state index in [-0.39, 0.29) is 39.0 Å². The molecular formula is C21H35N5O4SSi. The molecule has 1 aliphatic rings. The van der Waals surface area contributed by atoms with Gasteiger partial charge in [0, 0.05) is 11.2 Å². The Kier molecular flexibility index (Phi) is 6.95. The van der Waals surface area contributed by atoms with Crippen molar-refractivity contribution in [2.45, 2.75) is 88.9 Å². The zero-order valence-electron chi connectivity index (χ0n) is 20.1. The van der Waals surface area contributed by atoms with Crippen LogP contribution >= 0.6 is 11.8 Å². The maximum atomic E-state index is 12.6. The lowest BCUT2D eigenvalue weighted by Crippen LogP contribution is -2.48. The average molecular weight is 482 g/mol. The number of imidazole rings is 1. The van der Waals surface area contributed by atoms with Gasteiger partial charge in [-0.15, -0.1) is 11.8 Å². The van der Waals surface area contributed by atoms with Crippen molar-refractivity contribution in [2.75, 3.05) is 5.32 Å². The number of nitrogens with zero attached hydrogens (tertiary/aromatic N) is 3. The van der Waals surface area contributed by atoms with Gasteiger partial charge in [-0.3, -0.25) is 24.5 Å². The molecule has 3 rings (SSSR count). The van der Waals surface area contributed by atoms with Crippen molar-refractivity contribution in [1.82, 2.24) is 19.5 Å².